The third-order valence-corrected chi connectivity index (χ3v) is 2.80. The highest BCUT2D eigenvalue weighted by atomic mass is 16.3. The molecule has 0 saturated heterocycles. The van der Waals surface area contributed by atoms with Crippen molar-refractivity contribution in [1.29, 1.82) is 5.26 Å². The lowest BCUT2D eigenvalue weighted by Gasteiger charge is -2.21. The van der Waals surface area contributed by atoms with Crippen molar-refractivity contribution in [2.75, 3.05) is 18.0 Å². The molecular formula is C12H14N2O. The van der Waals surface area contributed by atoms with Crippen molar-refractivity contribution in [3.63, 3.8) is 0 Å². The fourth-order valence-corrected chi connectivity index (χ4v) is 2.06. The van der Waals surface area contributed by atoms with E-state index in [0.717, 1.165) is 30.6 Å². The first-order chi connectivity index (χ1) is 7.33. The SMILES string of the molecule is N#CCN1CCCC(O)c2ccccc21. The van der Waals surface area contributed by atoms with Gasteiger partial charge in [-0.25, -0.2) is 0 Å². The van der Waals surface area contributed by atoms with Gasteiger partial charge in [-0.2, -0.15) is 5.26 Å². The number of nitrogens with zero attached hydrogens (tertiary/aromatic N) is 2. The highest BCUT2D eigenvalue weighted by Crippen LogP contribution is 2.32. The quantitative estimate of drug-likeness (QED) is 0.707. The Morgan fingerprint density at radius 3 is 3.07 bits per heavy atom. The summed E-state index contributed by atoms with van der Waals surface area (Å²) in [5, 5.41) is 18.7. The molecule has 0 bridgehead atoms. The average molecular weight is 202 g/mol. The van der Waals surface area contributed by atoms with Crippen LogP contribution in [0.5, 0.6) is 0 Å². The molecule has 3 heteroatoms. The topological polar surface area (TPSA) is 47.3 Å². The van der Waals surface area contributed by atoms with Gasteiger partial charge in [-0.05, 0) is 18.9 Å². The van der Waals surface area contributed by atoms with E-state index in [-0.39, 0.29) is 6.10 Å². The van der Waals surface area contributed by atoms with Crippen molar-refractivity contribution in [1.82, 2.24) is 0 Å². The Morgan fingerprint density at radius 1 is 1.47 bits per heavy atom. The van der Waals surface area contributed by atoms with Crippen molar-refractivity contribution in [3.05, 3.63) is 29.8 Å². The fraction of sp³-hybridized carbons (Fsp3) is 0.417. The second kappa shape index (κ2) is 4.33. The Balaban J connectivity index is 2.39. The third kappa shape index (κ3) is 1.95. The van der Waals surface area contributed by atoms with E-state index in [1.165, 1.54) is 0 Å². The minimum absolute atomic E-state index is 0.384. The molecule has 3 nitrogen and oxygen atoms in total. The molecule has 0 saturated carbocycles. The van der Waals surface area contributed by atoms with Crippen LogP contribution in [0.25, 0.3) is 0 Å². The van der Waals surface area contributed by atoms with Crippen molar-refractivity contribution in [2.24, 2.45) is 0 Å². The average Bonchev–Trinajstić information content (AvgIpc) is 2.41. The highest BCUT2D eigenvalue weighted by Gasteiger charge is 2.20. The number of hydrogen-bond acceptors (Lipinski definition) is 3. The molecule has 1 aliphatic rings. The van der Waals surface area contributed by atoms with Crippen molar-refractivity contribution < 1.29 is 5.11 Å². The molecule has 0 aromatic heterocycles. The van der Waals surface area contributed by atoms with Crippen molar-refractivity contribution in [3.8, 4) is 6.07 Å². The Morgan fingerprint density at radius 2 is 2.27 bits per heavy atom. The van der Waals surface area contributed by atoms with Gasteiger partial charge >= 0.3 is 0 Å². The summed E-state index contributed by atoms with van der Waals surface area (Å²) in [6, 6.07) is 9.95. The number of aliphatic hydroxyl groups is 1. The largest absolute Gasteiger partial charge is 0.388 e. The maximum absolute atomic E-state index is 9.92. The van der Waals surface area contributed by atoms with Gasteiger partial charge in [0.1, 0.15) is 6.54 Å². The number of fused-ring (bicyclic) bond motifs is 1. The first-order valence-electron chi connectivity index (χ1n) is 5.22. The van der Waals surface area contributed by atoms with E-state index in [1.807, 2.05) is 29.2 Å². The molecule has 0 amide bonds. The maximum atomic E-state index is 9.92. The molecule has 78 valence electrons. The Bertz CT molecular complexity index is 383. The third-order valence-electron chi connectivity index (χ3n) is 2.80. The number of hydrogen-bond donors (Lipinski definition) is 1. The number of benzene rings is 1. The monoisotopic (exact) mass is 202 g/mol. The molecule has 1 atom stereocenters. The maximum Gasteiger partial charge on any atom is 0.105 e. The van der Waals surface area contributed by atoms with Crippen LogP contribution in [0.15, 0.2) is 24.3 Å². The lowest BCUT2D eigenvalue weighted by Crippen LogP contribution is -2.24. The molecular weight excluding hydrogens is 188 g/mol. The van der Waals surface area contributed by atoms with E-state index in [1.54, 1.807) is 0 Å². The first-order valence-corrected chi connectivity index (χ1v) is 5.22. The Labute approximate surface area is 89.6 Å². The molecule has 1 N–H and O–H groups in total. The predicted octanol–water partition coefficient (Wildman–Crippen LogP) is 1.84. The van der Waals surface area contributed by atoms with Crippen LogP contribution in [0.4, 0.5) is 5.69 Å². The van der Waals surface area contributed by atoms with Crippen LogP contribution in [0.2, 0.25) is 0 Å². The van der Waals surface area contributed by atoms with Gasteiger partial charge in [-0.15, -0.1) is 0 Å². The van der Waals surface area contributed by atoms with Gasteiger partial charge in [0.15, 0.2) is 0 Å². The molecule has 0 spiro atoms. The van der Waals surface area contributed by atoms with Crippen LogP contribution >= 0.6 is 0 Å². The van der Waals surface area contributed by atoms with Crippen LogP contribution in [0.1, 0.15) is 24.5 Å². The zero-order valence-electron chi connectivity index (χ0n) is 8.56. The molecule has 0 aliphatic carbocycles. The van der Waals surface area contributed by atoms with E-state index in [0.29, 0.717) is 6.54 Å². The first kappa shape index (κ1) is 10.0. The van der Waals surface area contributed by atoms with Gasteiger partial charge in [-0.1, -0.05) is 18.2 Å². The van der Waals surface area contributed by atoms with Crippen molar-refractivity contribution in [2.45, 2.75) is 18.9 Å². The molecule has 1 heterocycles. The molecule has 15 heavy (non-hydrogen) atoms. The molecule has 1 aromatic rings. The normalized spacial score (nSPS) is 20.3. The number of aliphatic hydroxyl groups excluding tert-OH is 1. The summed E-state index contributed by atoms with van der Waals surface area (Å²) in [4.78, 5) is 2.03. The minimum Gasteiger partial charge on any atom is -0.388 e. The van der Waals surface area contributed by atoms with Gasteiger partial charge in [0.05, 0.1) is 12.2 Å². The lowest BCUT2D eigenvalue weighted by molar-refractivity contribution is 0.168. The molecule has 1 aromatic carbocycles. The Kier molecular flexibility index (Phi) is 2.89. The second-order valence-electron chi connectivity index (χ2n) is 3.80. The van der Waals surface area contributed by atoms with E-state index in [9.17, 15) is 5.11 Å². The number of para-hydroxylation sites is 1. The van der Waals surface area contributed by atoms with Crippen molar-refractivity contribution >= 4 is 5.69 Å². The summed E-state index contributed by atoms with van der Waals surface area (Å²) >= 11 is 0. The fourth-order valence-electron chi connectivity index (χ4n) is 2.06. The van der Waals surface area contributed by atoms with E-state index < -0.39 is 0 Å². The van der Waals surface area contributed by atoms with Gasteiger partial charge in [0, 0.05) is 17.8 Å². The smallest absolute Gasteiger partial charge is 0.105 e. The summed E-state index contributed by atoms with van der Waals surface area (Å²) in [6.07, 6.45) is 1.32. The molecule has 2 rings (SSSR count). The van der Waals surface area contributed by atoms with E-state index in [2.05, 4.69) is 6.07 Å². The van der Waals surface area contributed by atoms with Gasteiger partial charge in [0.2, 0.25) is 0 Å². The number of rotatable bonds is 1. The van der Waals surface area contributed by atoms with Crippen LogP contribution in [-0.4, -0.2) is 18.2 Å². The predicted molar refractivity (Wildman–Crippen MR) is 58.5 cm³/mol. The minimum atomic E-state index is -0.384. The highest BCUT2D eigenvalue weighted by molar-refractivity contribution is 5.55. The molecule has 1 unspecified atom stereocenters. The molecule has 0 radical (unpaired) electrons. The second-order valence-corrected chi connectivity index (χ2v) is 3.80. The summed E-state index contributed by atoms with van der Waals surface area (Å²) in [7, 11) is 0. The van der Waals surface area contributed by atoms with Crippen LogP contribution in [-0.2, 0) is 0 Å². The standard InChI is InChI=1S/C12H14N2O/c13-7-9-14-8-3-6-12(15)10-4-1-2-5-11(10)14/h1-2,4-5,12,15H,3,6,8-9H2. The lowest BCUT2D eigenvalue weighted by atomic mass is 10.0. The molecule has 1 aliphatic heterocycles. The zero-order valence-corrected chi connectivity index (χ0v) is 8.56. The van der Waals surface area contributed by atoms with E-state index >= 15 is 0 Å². The van der Waals surface area contributed by atoms with Crippen LogP contribution < -0.4 is 4.90 Å². The van der Waals surface area contributed by atoms with E-state index in [4.69, 9.17) is 5.26 Å². The summed E-state index contributed by atoms with van der Waals surface area (Å²) in [6.45, 7) is 1.24. The van der Waals surface area contributed by atoms with Gasteiger partial charge in [-0.3, -0.25) is 0 Å². The van der Waals surface area contributed by atoms with Crippen LogP contribution in [0, 0.1) is 11.3 Å². The summed E-state index contributed by atoms with van der Waals surface area (Å²) in [5.74, 6) is 0. The Hall–Kier alpha value is -1.53. The number of nitriles is 1. The molecule has 0 fully saturated rings. The summed E-state index contributed by atoms with van der Waals surface area (Å²) < 4.78 is 0. The van der Waals surface area contributed by atoms with Gasteiger partial charge < -0.3 is 10.0 Å². The van der Waals surface area contributed by atoms with Crippen LogP contribution in [0.3, 0.4) is 0 Å². The summed E-state index contributed by atoms with van der Waals surface area (Å²) in [5.41, 5.74) is 1.95. The number of anilines is 1. The van der Waals surface area contributed by atoms with Gasteiger partial charge in [0.25, 0.3) is 0 Å². The zero-order chi connectivity index (χ0) is 10.7.